The van der Waals surface area contributed by atoms with Crippen LogP contribution in [0.15, 0.2) is 53.7 Å². The second-order valence-electron chi connectivity index (χ2n) is 5.94. The molecule has 0 aliphatic heterocycles. The number of hydrazine groups is 1. The zero-order chi connectivity index (χ0) is 19.7. The molecule has 0 unspecified atom stereocenters. The second-order valence-corrected chi connectivity index (χ2v) is 5.94. The smallest absolute Gasteiger partial charge is 0.288 e. The highest BCUT2D eigenvalue weighted by Crippen LogP contribution is 2.13. The van der Waals surface area contributed by atoms with Crippen molar-refractivity contribution < 1.29 is 9.59 Å². The summed E-state index contributed by atoms with van der Waals surface area (Å²) in [6, 6.07) is 9.90. The molecule has 0 fully saturated rings. The van der Waals surface area contributed by atoms with E-state index < -0.39 is 11.8 Å². The molecule has 140 valence electrons. The fraction of sp³-hybridized carbons (Fsp3) is 0.111. The van der Waals surface area contributed by atoms with Crippen molar-refractivity contribution in [3.63, 3.8) is 0 Å². The van der Waals surface area contributed by atoms with E-state index in [4.69, 9.17) is 0 Å². The van der Waals surface area contributed by atoms with E-state index in [1.54, 1.807) is 53.9 Å². The summed E-state index contributed by atoms with van der Waals surface area (Å²) in [4.78, 5) is 37.3. The molecule has 2 amide bonds. The third-order valence-electron chi connectivity index (χ3n) is 4.23. The number of aromatic nitrogens is 5. The van der Waals surface area contributed by atoms with Gasteiger partial charge in [-0.1, -0.05) is 18.2 Å². The molecule has 4 aromatic rings. The maximum atomic E-state index is 12.6. The van der Waals surface area contributed by atoms with E-state index in [-0.39, 0.29) is 11.3 Å². The summed E-state index contributed by atoms with van der Waals surface area (Å²) in [5.41, 5.74) is 5.37. The Balaban J connectivity index is 1.59. The lowest BCUT2D eigenvalue weighted by atomic mass is 10.1. The van der Waals surface area contributed by atoms with Crippen molar-refractivity contribution in [2.24, 2.45) is 0 Å². The third-order valence-corrected chi connectivity index (χ3v) is 4.23. The maximum absolute atomic E-state index is 12.6. The first kappa shape index (κ1) is 17.3. The molecule has 3 heterocycles. The van der Waals surface area contributed by atoms with Crippen molar-refractivity contribution in [2.45, 2.75) is 13.5 Å². The van der Waals surface area contributed by atoms with Gasteiger partial charge in [-0.25, -0.2) is 4.68 Å². The number of benzene rings is 1. The van der Waals surface area contributed by atoms with Crippen LogP contribution < -0.4 is 16.4 Å². The monoisotopic (exact) mass is 377 g/mol. The lowest BCUT2D eigenvalue weighted by Crippen LogP contribution is -2.42. The Hall–Kier alpha value is -4.08. The number of hydrogen-bond acceptors (Lipinski definition) is 6. The minimum Gasteiger partial charge on any atom is -0.288 e. The van der Waals surface area contributed by atoms with Crippen molar-refractivity contribution in [3.8, 4) is 0 Å². The molecule has 0 aliphatic rings. The van der Waals surface area contributed by atoms with Gasteiger partial charge in [-0.2, -0.15) is 5.10 Å². The van der Waals surface area contributed by atoms with Gasteiger partial charge in [-0.05, 0) is 25.1 Å². The Morgan fingerprint density at radius 3 is 2.57 bits per heavy atom. The lowest BCUT2D eigenvalue weighted by molar-refractivity contribution is 0.0843. The van der Waals surface area contributed by atoms with Crippen LogP contribution in [0.2, 0.25) is 0 Å². The Morgan fingerprint density at radius 1 is 1.04 bits per heavy atom. The molecule has 1 aromatic carbocycles. The van der Waals surface area contributed by atoms with E-state index in [1.807, 2.05) is 0 Å². The fourth-order valence-corrected chi connectivity index (χ4v) is 2.82. The highest BCUT2D eigenvalue weighted by molar-refractivity contribution is 6.06. The van der Waals surface area contributed by atoms with E-state index in [2.05, 4.69) is 26.1 Å². The predicted molar refractivity (Wildman–Crippen MR) is 99.6 cm³/mol. The molecule has 2 N–H and O–H groups in total. The van der Waals surface area contributed by atoms with E-state index in [1.165, 1.54) is 11.0 Å². The highest BCUT2D eigenvalue weighted by Gasteiger charge is 2.17. The molecule has 28 heavy (non-hydrogen) atoms. The van der Waals surface area contributed by atoms with Crippen molar-refractivity contribution in [1.29, 1.82) is 0 Å². The van der Waals surface area contributed by atoms with Gasteiger partial charge in [0.25, 0.3) is 17.4 Å². The first-order valence-electron chi connectivity index (χ1n) is 8.48. The van der Waals surface area contributed by atoms with Crippen LogP contribution in [-0.4, -0.2) is 36.2 Å². The normalized spacial score (nSPS) is 10.9. The van der Waals surface area contributed by atoms with Crippen LogP contribution in [0.25, 0.3) is 16.4 Å². The summed E-state index contributed by atoms with van der Waals surface area (Å²) in [6.07, 6.45) is 3.01. The quantitative estimate of drug-likeness (QED) is 0.502. The van der Waals surface area contributed by atoms with E-state index in [0.29, 0.717) is 28.5 Å². The average molecular weight is 377 g/mol. The van der Waals surface area contributed by atoms with E-state index in [9.17, 15) is 14.4 Å². The molecule has 0 atom stereocenters. The van der Waals surface area contributed by atoms with Crippen molar-refractivity contribution >= 4 is 28.2 Å². The maximum Gasteiger partial charge on any atom is 0.290 e. The Labute approximate surface area is 157 Å². The molecule has 10 nitrogen and oxygen atoms in total. The van der Waals surface area contributed by atoms with Crippen LogP contribution in [0.1, 0.15) is 27.8 Å². The summed E-state index contributed by atoms with van der Waals surface area (Å²) < 4.78 is 2.79. The largest absolute Gasteiger partial charge is 0.290 e. The summed E-state index contributed by atoms with van der Waals surface area (Å²) >= 11 is 0. The van der Waals surface area contributed by atoms with Crippen LogP contribution >= 0.6 is 0 Å². The minimum atomic E-state index is -0.628. The standard InChI is InChI=1S/C18H15N7O3/c1-2-25-18(28)13-6-4-3-5-12(13)15(23-25)17(27)22-21-16(26)11-7-8-14-20-19-10-24(14)9-11/h3-10H,2H2,1H3,(H,21,26)(H,22,27). The molecule has 0 saturated heterocycles. The zero-order valence-corrected chi connectivity index (χ0v) is 14.8. The van der Waals surface area contributed by atoms with Gasteiger partial charge in [-0.15, -0.1) is 10.2 Å². The summed E-state index contributed by atoms with van der Waals surface area (Å²) in [7, 11) is 0. The number of aryl methyl sites for hydroxylation is 1. The van der Waals surface area contributed by atoms with Gasteiger partial charge in [0, 0.05) is 18.1 Å². The molecular weight excluding hydrogens is 362 g/mol. The lowest BCUT2D eigenvalue weighted by Gasteiger charge is -2.11. The average Bonchev–Trinajstić information content (AvgIpc) is 3.20. The number of pyridine rings is 1. The molecule has 0 spiro atoms. The van der Waals surface area contributed by atoms with Gasteiger partial charge in [0.15, 0.2) is 11.3 Å². The van der Waals surface area contributed by atoms with Gasteiger partial charge in [0.1, 0.15) is 6.33 Å². The van der Waals surface area contributed by atoms with Crippen LogP contribution in [0.3, 0.4) is 0 Å². The number of nitrogens with zero attached hydrogens (tertiary/aromatic N) is 5. The molecule has 10 heteroatoms. The Kier molecular flexibility index (Phi) is 4.28. The SMILES string of the molecule is CCn1nc(C(=O)NNC(=O)c2ccc3nncn3c2)c2ccccc2c1=O. The van der Waals surface area contributed by atoms with Crippen LogP contribution in [-0.2, 0) is 6.54 Å². The van der Waals surface area contributed by atoms with Crippen LogP contribution in [0.4, 0.5) is 0 Å². The summed E-state index contributed by atoms with van der Waals surface area (Å²) in [6.45, 7) is 2.07. The number of hydrogen-bond donors (Lipinski definition) is 2. The molecule has 4 rings (SSSR count). The fourth-order valence-electron chi connectivity index (χ4n) is 2.82. The second kappa shape index (κ2) is 6.91. The number of carbonyl (C=O) groups excluding carboxylic acids is 2. The zero-order valence-electron chi connectivity index (χ0n) is 14.8. The van der Waals surface area contributed by atoms with Gasteiger partial charge in [-0.3, -0.25) is 29.6 Å². The van der Waals surface area contributed by atoms with Gasteiger partial charge >= 0.3 is 0 Å². The predicted octanol–water partition coefficient (Wildman–Crippen LogP) is 0.534. The molecule has 0 saturated carbocycles. The molecule has 0 aliphatic carbocycles. The number of fused-ring (bicyclic) bond motifs is 2. The van der Waals surface area contributed by atoms with E-state index >= 15 is 0 Å². The summed E-state index contributed by atoms with van der Waals surface area (Å²) in [5.74, 6) is -1.14. The number of carbonyl (C=O) groups is 2. The topological polar surface area (TPSA) is 123 Å². The molecule has 3 aromatic heterocycles. The highest BCUT2D eigenvalue weighted by atomic mass is 16.2. The van der Waals surface area contributed by atoms with Gasteiger partial charge < -0.3 is 0 Å². The first-order chi connectivity index (χ1) is 13.6. The Bertz CT molecular complexity index is 1280. The minimum absolute atomic E-state index is 0.0478. The number of rotatable bonds is 3. The van der Waals surface area contributed by atoms with Crippen molar-refractivity contribution in [3.05, 3.63) is 70.5 Å². The van der Waals surface area contributed by atoms with Crippen LogP contribution in [0, 0.1) is 0 Å². The molecule has 0 radical (unpaired) electrons. The molecule has 0 bridgehead atoms. The van der Waals surface area contributed by atoms with Crippen molar-refractivity contribution in [1.82, 2.24) is 35.2 Å². The number of amides is 2. The van der Waals surface area contributed by atoms with Crippen LogP contribution in [0.5, 0.6) is 0 Å². The number of nitrogens with one attached hydrogen (secondary N) is 2. The Morgan fingerprint density at radius 2 is 1.79 bits per heavy atom. The summed E-state index contributed by atoms with van der Waals surface area (Å²) in [5, 5.41) is 12.5. The van der Waals surface area contributed by atoms with Crippen molar-refractivity contribution in [2.75, 3.05) is 0 Å². The van der Waals surface area contributed by atoms with E-state index in [0.717, 1.165) is 0 Å². The van der Waals surface area contributed by atoms with Gasteiger partial charge in [0.2, 0.25) is 0 Å². The van der Waals surface area contributed by atoms with Gasteiger partial charge in [0.05, 0.1) is 10.9 Å². The molecular formula is C18H15N7O3. The third kappa shape index (κ3) is 2.96. The first-order valence-corrected chi connectivity index (χ1v) is 8.48.